The molecule has 2 nitrogen and oxygen atoms in total. The Balaban J connectivity index is 3.05. The molecular formula is C7H7Cl2NO. The van der Waals surface area contributed by atoms with Gasteiger partial charge in [0.15, 0.2) is 0 Å². The number of hydrogen-bond donors (Lipinski definition) is 1. The average molecular weight is 192 g/mol. The average Bonchev–Trinajstić information content (AvgIpc) is 1.94. The van der Waals surface area contributed by atoms with E-state index < -0.39 is 6.10 Å². The van der Waals surface area contributed by atoms with Crippen LogP contribution in [0.15, 0.2) is 12.3 Å². The Morgan fingerprint density at radius 3 is 2.64 bits per heavy atom. The Morgan fingerprint density at radius 1 is 1.55 bits per heavy atom. The van der Waals surface area contributed by atoms with E-state index in [9.17, 15) is 0 Å². The standard InChI is InChI=1S/C7H7Cl2NO/c1-4(11)5-2-6(8)7(9)10-3-5/h2-4,11H,1H3/t4-/m0/s1. The molecule has 1 atom stereocenters. The maximum Gasteiger partial charge on any atom is 0.147 e. The lowest BCUT2D eigenvalue weighted by atomic mass is 10.2. The maximum absolute atomic E-state index is 9.10. The van der Waals surface area contributed by atoms with Crippen LogP contribution in [0.4, 0.5) is 0 Å². The molecular weight excluding hydrogens is 185 g/mol. The fourth-order valence-corrected chi connectivity index (χ4v) is 0.943. The van der Waals surface area contributed by atoms with Crippen molar-refractivity contribution in [3.8, 4) is 0 Å². The number of aliphatic hydroxyl groups is 1. The van der Waals surface area contributed by atoms with Gasteiger partial charge < -0.3 is 5.11 Å². The van der Waals surface area contributed by atoms with E-state index in [0.717, 1.165) is 0 Å². The van der Waals surface area contributed by atoms with Crippen molar-refractivity contribution in [1.29, 1.82) is 0 Å². The lowest BCUT2D eigenvalue weighted by molar-refractivity contribution is 0.199. The van der Waals surface area contributed by atoms with Crippen molar-refractivity contribution in [1.82, 2.24) is 4.98 Å². The topological polar surface area (TPSA) is 33.1 Å². The van der Waals surface area contributed by atoms with Gasteiger partial charge in [-0.3, -0.25) is 0 Å². The summed E-state index contributed by atoms with van der Waals surface area (Å²) in [4.78, 5) is 3.77. The molecule has 0 bridgehead atoms. The van der Waals surface area contributed by atoms with Crippen molar-refractivity contribution >= 4 is 23.2 Å². The molecule has 4 heteroatoms. The third-order valence-corrected chi connectivity index (χ3v) is 1.99. The molecule has 0 spiro atoms. The van der Waals surface area contributed by atoms with E-state index in [1.165, 1.54) is 6.20 Å². The number of aliphatic hydroxyl groups excluding tert-OH is 1. The highest BCUT2D eigenvalue weighted by Crippen LogP contribution is 2.22. The minimum absolute atomic E-state index is 0.260. The van der Waals surface area contributed by atoms with Crippen LogP contribution in [0.2, 0.25) is 10.2 Å². The summed E-state index contributed by atoms with van der Waals surface area (Å²) in [6.07, 6.45) is 0.941. The van der Waals surface area contributed by atoms with Crippen molar-refractivity contribution in [2.45, 2.75) is 13.0 Å². The molecule has 60 valence electrons. The van der Waals surface area contributed by atoms with Gasteiger partial charge in [0, 0.05) is 11.8 Å². The fraction of sp³-hybridized carbons (Fsp3) is 0.286. The number of halogens is 2. The largest absolute Gasteiger partial charge is 0.389 e. The van der Waals surface area contributed by atoms with Crippen LogP contribution >= 0.6 is 23.2 Å². The van der Waals surface area contributed by atoms with Crippen LogP contribution in [0.5, 0.6) is 0 Å². The van der Waals surface area contributed by atoms with Crippen molar-refractivity contribution in [3.63, 3.8) is 0 Å². The molecule has 1 aromatic heterocycles. The van der Waals surface area contributed by atoms with Gasteiger partial charge in [0.2, 0.25) is 0 Å². The lowest BCUT2D eigenvalue weighted by Crippen LogP contribution is -1.91. The zero-order valence-electron chi connectivity index (χ0n) is 5.88. The summed E-state index contributed by atoms with van der Waals surface area (Å²) >= 11 is 11.2. The van der Waals surface area contributed by atoms with Gasteiger partial charge in [-0.05, 0) is 13.0 Å². The number of pyridine rings is 1. The van der Waals surface area contributed by atoms with Gasteiger partial charge in [-0.1, -0.05) is 23.2 Å². The molecule has 0 aliphatic heterocycles. The number of nitrogens with zero attached hydrogens (tertiary/aromatic N) is 1. The van der Waals surface area contributed by atoms with Crippen molar-refractivity contribution < 1.29 is 5.11 Å². The SMILES string of the molecule is C[C@H](O)c1cnc(Cl)c(Cl)c1. The summed E-state index contributed by atoms with van der Waals surface area (Å²) in [5.74, 6) is 0. The van der Waals surface area contributed by atoms with Gasteiger partial charge in [-0.25, -0.2) is 4.98 Å². The van der Waals surface area contributed by atoms with Gasteiger partial charge in [-0.15, -0.1) is 0 Å². The molecule has 11 heavy (non-hydrogen) atoms. The van der Waals surface area contributed by atoms with Crippen molar-refractivity contribution in [2.24, 2.45) is 0 Å². The predicted octanol–water partition coefficient (Wildman–Crippen LogP) is 2.44. The van der Waals surface area contributed by atoms with Crippen molar-refractivity contribution in [3.05, 3.63) is 28.0 Å². The maximum atomic E-state index is 9.10. The van der Waals surface area contributed by atoms with Gasteiger partial charge >= 0.3 is 0 Å². The molecule has 1 rings (SSSR count). The minimum atomic E-state index is -0.558. The van der Waals surface area contributed by atoms with Crippen LogP contribution in [0.1, 0.15) is 18.6 Å². The molecule has 0 radical (unpaired) electrons. The van der Waals surface area contributed by atoms with Crippen LogP contribution in [0.3, 0.4) is 0 Å². The van der Waals surface area contributed by atoms with E-state index in [1.54, 1.807) is 13.0 Å². The molecule has 0 fully saturated rings. The molecule has 1 aromatic rings. The highest BCUT2D eigenvalue weighted by Gasteiger charge is 2.04. The third-order valence-electron chi connectivity index (χ3n) is 1.30. The first-order valence-corrected chi connectivity index (χ1v) is 3.86. The molecule has 0 aromatic carbocycles. The molecule has 0 saturated carbocycles. The molecule has 0 aliphatic carbocycles. The highest BCUT2D eigenvalue weighted by atomic mass is 35.5. The van der Waals surface area contributed by atoms with Crippen LogP contribution in [0.25, 0.3) is 0 Å². The van der Waals surface area contributed by atoms with E-state index in [4.69, 9.17) is 28.3 Å². The molecule has 1 N–H and O–H groups in total. The zero-order valence-corrected chi connectivity index (χ0v) is 7.39. The molecule has 0 amide bonds. The van der Waals surface area contributed by atoms with Crippen LogP contribution in [-0.2, 0) is 0 Å². The van der Waals surface area contributed by atoms with Gasteiger partial charge in [-0.2, -0.15) is 0 Å². The molecule has 0 saturated heterocycles. The lowest BCUT2D eigenvalue weighted by Gasteiger charge is -2.03. The van der Waals surface area contributed by atoms with E-state index in [-0.39, 0.29) is 5.15 Å². The van der Waals surface area contributed by atoms with Gasteiger partial charge in [0.05, 0.1) is 11.1 Å². The number of aromatic nitrogens is 1. The van der Waals surface area contributed by atoms with E-state index in [1.807, 2.05) is 0 Å². The summed E-state index contributed by atoms with van der Waals surface area (Å²) in [5, 5.41) is 9.72. The second-order valence-corrected chi connectivity index (χ2v) is 2.98. The molecule has 0 aliphatic rings. The predicted molar refractivity (Wildman–Crippen MR) is 44.9 cm³/mol. The molecule has 1 heterocycles. The molecule has 0 unspecified atom stereocenters. The second-order valence-electron chi connectivity index (χ2n) is 2.22. The van der Waals surface area contributed by atoms with Gasteiger partial charge in [0.25, 0.3) is 0 Å². The smallest absolute Gasteiger partial charge is 0.147 e. The van der Waals surface area contributed by atoms with Crippen LogP contribution in [-0.4, -0.2) is 10.1 Å². The first-order valence-electron chi connectivity index (χ1n) is 3.10. The Kier molecular flexibility index (Phi) is 2.71. The Morgan fingerprint density at radius 2 is 2.18 bits per heavy atom. The first-order chi connectivity index (χ1) is 5.11. The number of hydrogen-bond acceptors (Lipinski definition) is 2. The van der Waals surface area contributed by atoms with Crippen LogP contribution < -0.4 is 0 Å². The Hall–Kier alpha value is -0.310. The monoisotopic (exact) mass is 191 g/mol. The summed E-state index contributed by atoms with van der Waals surface area (Å²) in [6.45, 7) is 1.64. The first kappa shape index (κ1) is 8.78. The van der Waals surface area contributed by atoms with Crippen molar-refractivity contribution in [2.75, 3.05) is 0 Å². The summed E-state index contributed by atoms with van der Waals surface area (Å²) in [7, 11) is 0. The van der Waals surface area contributed by atoms with Gasteiger partial charge in [0.1, 0.15) is 5.15 Å². The minimum Gasteiger partial charge on any atom is -0.389 e. The Bertz CT molecular complexity index is 263. The van der Waals surface area contributed by atoms with Crippen LogP contribution in [0, 0.1) is 0 Å². The summed E-state index contributed by atoms with van der Waals surface area (Å²) in [6, 6.07) is 1.60. The second kappa shape index (κ2) is 3.39. The van der Waals surface area contributed by atoms with E-state index in [2.05, 4.69) is 4.98 Å². The summed E-state index contributed by atoms with van der Waals surface area (Å²) < 4.78 is 0. The quantitative estimate of drug-likeness (QED) is 0.693. The fourth-order valence-electron chi connectivity index (χ4n) is 0.664. The number of rotatable bonds is 1. The summed E-state index contributed by atoms with van der Waals surface area (Å²) in [5.41, 5.74) is 0.666. The van der Waals surface area contributed by atoms with E-state index >= 15 is 0 Å². The Labute approximate surface area is 74.8 Å². The third kappa shape index (κ3) is 2.06. The normalized spacial score (nSPS) is 13.1. The zero-order chi connectivity index (χ0) is 8.43. The van der Waals surface area contributed by atoms with E-state index in [0.29, 0.717) is 10.6 Å². The highest BCUT2D eigenvalue weighted by molar-refractivity contribution is 6.41.